The first-order chi connectivity index (χ1) is 13.2. The molecule has 0 aliphatic carbocycles. The van der Waals surface area contributed by atoms with Crippen LogP contribution in [0.2, 0.25) is 0 Å². The Bertz CT molecular complexity index is 512. The molecule has 0 aromatic rings. The van der Waals surface area contributed by atoms with Gasteiger partial charge in [-0.2, -0.15) is 0 Å². The van der Waals surface area contributed by atoms with Crippen LogP contribution in [0.15, 0.2) is 49.6 Å². The number of hydrogen-bond acceptors (Lipinski definition) is 8. The quantitative estimate of drug-likeness (QED) is 0.194. The van der Waals surface area contributed by atoms with Gasteiger partial charge in [-0.3, -0.25) is 0 Å². The van der Waals surface area contributed by atoms with Crippen LogP contribution in [-0.2, 0) is 28.5 Å². The molecule has 8 nitrogen and oxygen atoms in total. The van der Waals surface area contributed by atoms with Crippen molar-refractivity contribution < 1.29 is 38.7 Å². The van der Waals surface area contributed by atoms with E-state index in [1.807, 2.05) is 0 Å². The van der Waals surface area contributed by atoms with Gasteiger partial charge in [-0.25, -0.2) is 9.59 Å². The third-order valence-corrected chi connectivity index (χ3v) is 2.67. The molecule has 0 saturated heterocycles. The fourth-order valence-corrected chi connectivity index (χ4v) is 1.29. The predicted octanol–water partition coefficient (Wildman–Crippen LogP) is 1.34. The number of aliphatic hydroxyl groups is 2. The molecule has 2 atom stereocenters. The summed E-state index contributed by atoms with van der Waals surface area (Å²) in [7, 11) is 0. The Morgan fingerprint density at radius 3 is 1.86 bits per heavy atom. The van der Waals surface area contributed by atoms with Gasteiger partial charge in [0.05, 0.1) is 33.0 Å². The summed E-state index contributed by atoms with van der Waals surface area (Å²) in [5, 5.41) is 18.1. The third kappa shape index (κ3) is 17.2. The molecule has 160 valence electrons. The van der Waals surface area contributed by atoms with Crippen molar-refractivity contribution in [2.75, 3.05) is 39.6 Å². The summed E-state index contributed by atoms with van der Waals surface area (Å²) in [6.45, 7) is 17.5. The van der Waals surface area contributed by atoms with Gasteiger partial charge in [0.25, 0.3) is 0 Å². The smallest absolute Gasteiger partial charge is 0.333 e. The minimum absolute atomic E-state index is 0.0805. The number of esters is 2. The van der Waals surface area contributed by atoms with E-state index in [1.54, 1.807) is 26.0 Å². The second-order valence-electron chi connectivity index (χ2n) is 5.68. The lowest BCUT2D eigenvalue weighted by atomic mass is 10.3. The van der Waals surface area contributed by atoms with Gasteiger partial charge in [-0.1, -0.05) is 25.3 Å². The van der Waals surface area contributed by atoms with E-state index in [9.17, 15) is 14.7 Å². The number of carbonyl (C=O) groups excluding carboxylic acids is 2. The topological polar surface area (TPSA) is 112 Å². The first kappa shape index (κ1) is 28.0. The number of ether oxygens (including phenoxy) is 4. The van der Waals surface area contributed by atoms with E-state index >= 15 is 0 Å². The van der Waals surface area contributed by atoms with Crippen molar-refractivity contribution in [1.82, 2.24) is 0 Å². The Morgan fingerprint density at radius 1 is 0.929 bits per heavy atom. The van der Waals surface area contributed by atoms with E-state index in [-0.39, 0.29) is 26.4 Å². The molecule has 0 fully saturated rings. The summed E-state index contributed by atoms with van der Waals surface area (Å²) in [6.07, 6.45) is 1.71. The minimum atomic E-state index is -0.807. The maximum absolute atomic E-state index is 11.0. The Morgan fingerprint density at radius 2 is 1.43 bits per heavy atom. The summed E-state index contributed by atoms with van der Waals surface area (Å²) in [5.74, 6) is -1.03. The van der Waals surface area contributed by atoms with Crippen LogP contribution in [0.25, 0.3) is 0 Å². The average Bonchev–Trinajstić information content (AvgIpc) is 2.65. The van der Waals surface area contributed by atoms with Crippen LogP contribution in [0.1, 0.15) is 13.8 Å². The van der Waals surface area contributed by atoms with Crippen LogP contribution in [0.5, 0.6) is 0 Å². The second-order valence-corrected chi connectivity index (χ2v) is 5.68. The predicted molar refractivity (Wildman–Crippen MR) is 106 cm³/mol. The summed E-state index contributed by atoms with van der Waals surface area (Å²) in [6, 6.07) is 0. The molecule has 0 bridgehead atoms. The highest BCUT2D eigenvalue weighted by Gasteiger charge is 2.13. The van der Waals surface area contributed by atoms with Gasteiger partial charge >= 0.3 is 11.9 Å². The fourth-order valence-electron chi connectivity index (χ4n) is 1.29. The molecule has 2 N–H and O–H groups in total. The van der Waals surface area contributed by atoms with Crippen molar-refractivity contribution in [3.8, 4) is 0 Å². The van der Waals surface area contributed by atoms with E-state index in [4.69, 9.17) is 24.1 Å². The van der Waals surface area contributed by atoms with E-state index < -0.39 is 24.1 Å². The molecule has 0 aromatic carbocycles. The zero-order chi connectivity index (χ0) is 21.9. The molecule has 0 radical (unpaired) electrons. The number of carbonyl (C=O) groups is 2. The van der Waals surface area contributed by atoms with Gasteiger partial charge in [0.2, 0.25) is 0 Å². The fraction of sp³-hybridized carbons (Fsp3) is 0.500. The molecule has 0 aromatic heterocycles. The van der Waals surface area contributed by atoms with Gasteiger partial charge in [0.15, 0.2) is 0 Å². The van der Waals surface area contributed by atoms with Crippen LogP contribution >= 0.6 is 0 Å². The molecule has 28 heavy (non-hydrogen) atoms. The van der Waals surface area contributed by atoms with Gasteiger partial charge < -0.3 is 29.2 Å². The third-order valence-electron chi connectivity index (χ3n) is 2.67. The molecule has 2 unspecified atom stereocenters. The standard InChI is InChI=1S/2C10H16O4/c1-4-5-13-6-9(11)7-14-10(12)8(2)3;1-4-5-13-7-9(6-11)14-10(12)8(2)3/h2*4,9,11H,1-2,5-7H2,3H3. The molecule has 0 saturated carbocycles. The van der Waals surface area contributed by atoms with Crippen molar-refractivity contribution in [1.29, 1.82) is 0 Å². The summed E-state index contributed by atoms with van der Waals surface area (Å²) < 4.78 is 19.5. The first-order valence-electron chi connectivity index (χ1n) is 8.54. The van der Waals surface area contributed by atoms with Crippen LogP contribution < -0.4 is 0 Å². The van der Waals surface area contributed by atoms with Crippen molar-refractivity contribution in [3.63, 3.8) is 0 Å². The molecular weight excluding hydrogens is 368 g/mol. The normalized spacial score (nSPS) is 11.9. The maximum atomic E-state index is 11.0. The van der Waals surface area contributed by atoms with E-state index in [1.165, 1.54) is 0 Å². The monoisotopic (exact) mass is 400 g/mol. The Hall–Kier alpha value is -2.26. The number of aliphatic hydroxyl groups excluding tert-OH is 2. The zero-order valence-corrected chi connectivity index (χ0v) is 16.7. The Labute approximate surface area is 166 Å². The van der Waals surface area contributed by atoms with Gasteiger partial charge in [0, 0.05) is 11.1 Å². The molecule has 0 spiro atoms. The van der Waals surface area contributed by atoms with Gasteiger partial charge in [-0.15, -0.1) is 13.2 Å². The van der Waals surface area contributed by atoms with Crippen LogP contribution in [0.3, 0.4) is 0 Å². The van der Waals surface area contributed by atoms with Gasteiger partial charge in [-0.05, 0) is 13.8 Å². The molecule has 0 amide bonds. The summed E-state index contributed by atoms with van der Waals surface area (Å²) in [4.78, 5) is 21.9. The Balaban J connectivity index is 0. The average molecular weight is 400 g/mol. The zero-order valence-electron chi connectivity index (χ0n) is 16.7. The van der Waals surface area contributed by atoms with Crippen LogP contribution in [0.4, 0.5) is 0 Å². The summed E-state index contributed by atoms with van der Waals surface area (Å²) in [5.41, 5.74) is 0.608. The Kier molecular flexibility index (Phi) is 18.1. The SMILES string of the molecule is C=CCOCC(CO)OC(=O)C(=C)C.C=CCOCC(O)COC(=O)C(=C)C. The molecule has 8 heteroatoms. The van der Waals surface area contributed by atoms with Crippen molar-refractivity contribution in [3.05, 3.63) is 49.6 Å². The van der Waals surface area contributed by atoms with E-state index in [0.29, 0.717) is 24.4 Å². The molecule has 0 rings (SSSR count). The van der Waals surface area contributed by atoms with Crippen molar-refractivity contribution in [2.24, 2.45) is 0 Å². The van der Waals surface area contributed by atoms with Crippen molar-refractivity contribution >= 4 is 11.9 Å². The lowest BCUT2D eigenvalue weighted by molar-refractivity contribution is -0.149. The second kappa shape index (κ2) is 18.1. The first-order valence-corrected chi connectivity index (χ1v) is 8.54. The van der Waals surface area contributed by atoms with E-state index in [0.717, 1.165) is 0 Å². The molecule has 0 heterocycles. The highest BCUT2D eigenvalue weighted by molar-refractivity contribution is 5.87. The van der Waals surface area contributed by atoms with Gasteiger partial charge in [0.1, 0.15) is 18.8 Å². The van der Waals surface area contributed by atoms with Crippen molar-refractivity contribution in [2.45, 2.75) is 26.1 Å². The lowest BCUT2D eigenvalue weighted by Gasteiger charge is -2.14. The number of rotatable bonds is 14. The molecule has 0 aliphatic heterocycles. The van der Waals surface area contributed by atoms with E-state index in [2.05, 4.69) is 26.3 Å². The minimum Gasteiger partial charge on any atom is -0.460 e. The highest BCUT2D eigenvalue weighted by atomic mass is 16.6. The molecular formula is C20H32O8. The number of hydrogen-bond donors (Lipinski definition) is 2. The largest absolute Gasteiger partial charge is 0.460 e. The summed E-state index contributed by atoms with van der Waals surface area (Å²) >= 11 is 0. The lowest BCUT2D eigenvalue weighted by Crippen LogP contribution is -2.27. The van der Waals surface area contributed by atoms with Crippen LogP contribution in [0, 0.1) is 0 Å². The maximum Gasteiger partial charge on any atom is 0.333 e. The molecule has 0 aliphatic rings. The highest BCUT2D eigenvalue weighted by Crippen LogP contribution is 1.99. The van der Waals surface area contributed by atoms with Crippen LogP contribution in [-0.4, -0.2) is 74.0 Å².